The Morgan fingerprint density at radius 3 is 2.64 bits per heavy atom. The van der Waals surface area contributed by atoms with E-state index in [1.165, 1.54) is 11.8 Å². The van der Waals surface area contributed by atoms with Crippen molar-refractivity contribution in [3.05, 3.63) is 76.7 Å². The smallest absolute Gasteiger partial charge is 0.321 e. The third-order valence-corrected chi connectivity index (χ3v) is 6.96. The van der Waals surface area contributed by atoms with Gasteiger partial charge in [0.15, 0.2) is 5.78 Å². The summed E-state index contributed by atoms with van der Waals surface area (Å²) < 4.78 is 22.6. The Hall–Kier alpha value is -4.12. The Morgan fingerprint density at radius 2 is 1.92 bits per heavy atom. The average Bonchev–Trinajstić information content (AvgIpc) is 3.46. The number of nitrogens with zero attached hydrogens (tertiary/aromatic N) is 4. The molecule has 39 heavy (non-hydrogen) atoms. The molecule has 1 fully saturated rings. The number of aryl methyl sites for hydroxylation is 1. The van der Waals surface area contributed by atoms with Gasteiger partial charge in [-0.05, 0) is 55.8 Å². The van der Waals surface area contributed by atoms with Crippen LogP contribution in [0, 0.1) is 6.92 Å². The number of rotatable bonds is 7. The number of ether oxygens (including phenoxy) is 1. The predicted molar refractivity (Wildman–Crippen MR) is 147 cm³/mol. The van der Waals surface area contributed by atoms with Crippen LogP contribution in [0.1, 0.15) is 29.3 Å². The number of alkyl halides is 1. The number of benzene rings is 2. The number of anilines is 1. The number of hydrogen-bond acceptors (Lipinski definition) is 6. The first-order chi connectivity index (χ1) is 18.7. The van der Waals surface area contributed by atoms with Gasteiger partial charge in [-0.15, -0.1) is 0 Å². The number of fused-ring (bicyclic) bond motifs is 1. The lowest BCUT2D eigenvalue weighted by Crippen LogP contribution is -2.44. The summed E-state index contributed by atoms with van der Waals surface area (Å²) in [7, 11) is 0. The maximum Gasteiger partial charge on any atom is 0.321 e. The highest BCUT2D eigenvalue weighted by atomic mass is 79.9. The van der Waals surface area contributed by atoms with E-state index in [1.54, 1.807) is 59.6 Å². The van der Waals surface area contributed by atoms with Gasteiger partial charge in [-0.25, -0.2) is 14.4 Å². The van der Waals surface area contributed by atoms with E-state index in [4.69, 9.17) is 4.74 Å². The van der Waals surface area contributed by atoms with Crippen LogP contribution in [0.4, 0.5) is 10.1 Å². The summed E-state index contributed by atoms with van der Waals surface area (Å²) in [4.78, 5) is 48.3. The molecule has 0 saturated carbocycles. The molecular weight excluding hydrogens is 569 g/mol. The molecule has 1 aliphatic heterocycles. The first-order valence-corrected chi connectivity index (χ1v) is 13.1. The largest absolute Gasteiger partial charge is 0.424 e. The number of Topliss-reactive ketones (excluding diaryl/α,β-unsaturated/α-hetero) is 1. The normalized spacial score (nSPS) is 16.9. The molecule has 1 aliphatic rings. The van der Waals surface area contributed by atoms with Gasteiger partial charge < -0.3 is 19.5 Å². The van der Waals surface area contributed by atoms with Crippen molar-refractivity contribution in [2.75, 3.05) is 11.9 Å². The fourth-order valence-electron chi connectivity index (χ4n) is 4.63. The summed E-state index contributed by atoms with van der Waals surface area (Å²) in [6, 6.07) is 11.4. The molecule has 0 radical (unpaired) electrons. The Morgan fingerprint density at radius 1 is 1.15 bits per heavy atom. The van der Waals surface area contributed by atoms with Gasteiger partial charge in [-0.1, -0.05) is 22.0 Å². The van der Waals surface area contributed by atoms with Crippen LogP contribution >= 0.6 is 15.9 Å². The predicted octanol–water partition coefficient (Wildman–Crippen LogP) is 5.07. The van der Waals surface area contributed by atoms with Crippen LogP contribution in [0.15, 0.2) is 65.5 Å². The molecular formula is C28H25BrFN5O4. The van der Waals surface area contributed by atoms with Crippen molar-refractivity contribution in [1.82, 2.24) is 19.4 Å². The highest BCUT2D eigenvalue weighted by Gasteiger charge is 2.40. The Balaban J connectivity index is 1.37. The molecule has 2 amide bonds. The van der Waals surface area contributed by atoms with Crippen molar-refractivity contribution in [2.24, 2.45) is 0 Å². The molecule has 1 N–H and O–H groups in total. The zero-order chi connectivity index (χ0) is 27.7. The molecule has 200 valence electrons. The minimum absolute atomic E-state index is 0.0848. The highest BCUT2D eigenvalue weighted by molar-refractivity contribution is 9.10. The van der Waals surface area contributed by atoms with Crippen LogP contribution < -0.4 is 10.1 Å². The summed E-state index contributed by atoms with van der Waals surface area (Å²) in [5.74, 6) is -0.637. The van der Waals surface area contributed by atoms with E-state index in [-0.39, 0.29) is 31.3 Å². The zero-order valence-corrected chi connectivity index (χ0v) is 22.8. The lowest BCUT2D eigenvalue weighted by atomic mass is 10.1. The van der Waals surface area contributed by atoms with Crippen LogP contribution in [0.25, 0.3) is 10.9 Å². The summed E-state index contributed by atoms with van der Waals surface area (Å²) in [5, 5.41) is 3.36. The number of halogens is 2. The van der Waals surface area contributed by atoms with Crippen molar-refractivity contribution in [3.63, 3.8) is 0 Å². The van der Waals surface area contributed by atoms with E-state index in [1.807, 2.05) is 13.0 Å². The average molecular weight is 594 g/mol. The number of carbonyl (C=O) groups is 3. The minimum atomic E-state index is -1.31. The number of likely N-dealkylation sites (tertiary alicyclic amines) is 1. The molecule has 2 aromatic heterocycles. The van der Waals surface area contributed by atoms with E-state index in [9.17, 15) is 18.8 Å². The van der Waals surface area contributed by atoms with Crippen LogP contribution in [0.5, 0.6) is 11.8 Å². The fraction of sp³-hybridized carbons (Fsp3) is 0.250. The van der Waals surface area contributed by atoms with Gasteiger partial charge in [0.05, 0.1) is 6.54 Å². The van der Waals surface area contributed by atoms with Crippen LogP contribution in [0.2, 0.25) is 0 Å². The molecule has 9 nitrogen and oxygen atoms in total. The van der Waals surface area contributed by atoms with E-state index >= 15 is 0 Å². The Kier molecular flexibility index (Phi) is 7.42. The molecule has 11 heteroatoms. The van der Waals surface area contributed by atoms with Crippen LogP contribution in [-0.2, 0) is 16.1 Å². The van der Waals surface area contributed by atoms with Crippen molar-refractivity contribution < 1.29 is 23.5 Å². The van der Waals surface area contributed by atoms with Crippen LogP contribution in [-0.4, -0.2) is 55.8 Å². The quantitative estimate of drug-likeness (QED) is 0.300. The minimum Gasteiger partial charge on any atom is -0.424 e. The molecule has 5 rings (SSSR count). The van der Waals surface area contributed by atoms with Gasteiger partial charge >= 0.3 is 6.01 Å². The SMILES string of the molecule is CC(=O)c1cn(CC(=O)N2C[C@H](F)C[C@H]2C(=O)Nc2cccc(Br)c2)c2ccc(Oc3ncc(C)cn3)cc12. The molecule has 0 bridgehead atoms. The second kappa shape index (κ2) is 10.9. The van der Waals surface area contributed by atoms with E-state index in [0.717, 1.165) is 10.0 Å². The lowest BCUT2D eigenvalue weighted by molar-refractivity contribution is -0.137. The van der Waals surface area contributed by atoms with E-state index in [2.05, 4.69) is 31.2 Å². The summed E-state index contributed by atoms with van der Waals surface area (Å²) in [6.07, 6.45) is 3.47. The third kappa shape index (κ3) is 5.83. The van der Waals surface area contributed by atoms with Gasteiger partial charge in [0.2, 0.25) is 11.8 Å². The lowest BCUT2D eigenvalue weighted by Gasteiger charge is -2.24. The Bertz CT molecular complexity index is 1570. The van der Waals surface area contributed by atoms with Crippen molar-refractivity contribution >= 4 is 50.1 Å². The topological polar surface area (TPSA) is 106 Å². The van der Waals surface area contributed by atoms with Crippen molar-refractivity contribution in [1.29, 1.82) is 0 Å². The van der Waals surface area contributed by atoms with E-state index < -0.39 is 24.0 Å². The standard InChI is InChI=1S/C28H25BrFN5O4/c1-16-11-31-28(32-12-16)39-21-6-7-24-22(10-21)23(17(2)36)14-34(24)15-26(37)35-13-19(30)9-25(35)27(38)33-20-5-3-4-18(29)8-20/h3-8,10-12,14,19,25H,9,13,15H2,1-2H3,(H,33,38)/t19-,25+/m1/s1. The van der Waals surface area contributed by atoms with Gasteiger partial charge in [0.1, 0.15) is 24.5 Å². The molecule has 0 spiro atoms. The number of amides is 2. The van der Waals surface area contributed by atoms with Crippen molar-refractivity contribution in [2.45, 2.75) is 39.0 Å². The molecule has 0 unspecified atom stereocenters. The van der Waals surface area contributed by atoms with Crippen molar-refractivity contribution in [3.8, 4) is 11.8 Å². The number of carbonyl (C=O) groups excluding carboxylic acids is 3. The first-order valence-electron chi connectivity index (χ1n) is 12.3. The number of hydrogen-bond donors (Lipinski definition) is 1. The summed E-state index contributed by atoms with van der Waals surface area (Å²) in [5.41, 5.74) is 2.46. The molecule has 2 aromatic carbocycles. The second-order valence-electron chi connectivity index (χ2n) is 9.45. The zero-order valence-electron chi connectivity index (χ0n) is 21.2. The monoisotopic (exact) mass is 593 g/mol. The highest BCUT2D eigenvalue weighted by Crippen LogP contribution is 2.29. The van der Waals surface area contributed by atoms with Gasteiger partial charge in [-0.3, -0.25) is 14.4 Å². The van der Waals surface area contributed by atoms with Gasteiger partial charge in [0, 0.05) is 51.6 Å². The third-order valence-electron chi connectivity index (χ3n) is 6.47. The fourth-order valence-corrected chi connectivity index (χ4v) is 5.03. The number of nitrogens with one attached hydrogen (secondary N) is 1. The molecule has 4 aromatic rings. The van der Waals surface area contributed by atoms with Gasteiger partial charge in [0.25, 0.3) is 0 Å². The number of ketones is 1. The van der Waals surface area contributed by atoms with E-state index in [0.29, 0.717) is 27.9 Å². The molecule has 3 heterocycles. The summed E-state index contributed by atoms with van der Waals surface area (Å²) in [6.45, 7) is 2.96. The number of aromatic nitrogens is 3. The summed E-state index contributed by atoms with van der Waals surface area (Å²) >= 11 is 3.36. The molecule has 0 aliphatic carbocycles. The van der Waals surface area contributed by atoms with Crippen LogP contribution in [0.3, 0.4) is 0 Å². The maximum absolute atomic E-state index is 14.4. The van der Waals surface area contributed by atoms with Gasteiger partial charge in [-0.2, -0.15) is 0 Å². The Labute approximate surface area is 232 Å². The second-order valence-corrected chi connectivity index (χ2v) is 10.4. The molecule has 2 atom stereocenters. The first kappa shape index (κ1) is 26.5. The molecule has 1 saturated heterocycles. The maximum atomic E-state index is 14.4.